The van der Waals surface area contributed by atoms with Crippen LogP contribution in [0.3, 0.4) is 0 Å². The first kappa shape index (κ1) is 13.9. The van der Waals surface area contributed by atoms with E-state index >= 15 is 0 Å². The van der Waals surface area contributed by atoms with Crippen molar-refractivity contribution < 1.29 is 4.79 Å². The lowest BCUT2D eigenvalue weighted by atomic mass is 9.79. The quantitative estimate of drug-likeness (QED) is 0.809. The number of hydrogen-bond donors (Lipinski definition) is 2. The molecule has 2 N–H and O–H groups in total. The van der Waals surface area contributed by atoms with E-state index in [1.165, 1.54) is 25.7 Å². The molecule has 0 unspecified atom stereocenters. The third-order valence-electron chi connectivity index (χ3n) is 4.94. The van der Waals surface area contributed by atoms with Gasteiger partial charge in [0.15, 0.2) is 0 Å². The number of carbonyl (C=O) groups excluding carboxylic acids is 1. The zero-order chi connectivity index (χ0) is 13.0. The maximum absolute atomic E-state index is 12.3. The van der Waals surface area contributed by atoms with Crippen LogP contribution in [0.15, 0.2) is 0 Å². The summed E-state index contributed by atoms with van der Waals surface area (Å²) >= 11 is 0. The number of carbonyl (C=O) groups is 1. The van der Waals surface area contributed by atoms with Gasteiger partial charge in [-0.25, -0.2) is 0 Å². The van der Waals surface area contributed by atoms with Crippen molar-refractivity contribution in [3.8, 4) is 0 Å². The Balaban J connectivity index is 1.74. The van der Waals surface area contributed by atoms with Crippen LogP contribution in [0.4, 0.5) is 0 Å². The largest absolute Gasteiger partial charge is 0.355 e. The van der Waals surface area contributed by atoms with Crippen molar-refractivity contribution in [1.82, 2.24) is 10.6 Å². The fourth-order valence-electron chi connectivity index (χ4n) is 3.19. The van der Waals surface area contributed by atoms with Crippen molar-refractivity contribution in [1.29, 1.82) is 0 Å². The van der Waals surface area contributed by atoms with Crippen LogP contribution in [-0.4, -0.2) is 25.5 Å². The van der Waals surface area contributed by atoms with Crippen molar-refractivity contribution in [2.75, 3.05) is 19.6 Å². The molecule has 1 amide bonds. The monoisotopic (exact) mass is 252 g/mol. The van der Waals surface area contributed by atoms with Gasteiger partial charge in [0.1, 0.15) is 0 Å². The standard InChI is InChI=1S/C15H28N2O/c1-12-3-5-13(6-4-12)11-17-14(18)15(2)7-9-16-10-8-15/h12-13,16H,3-11H2,1-2H3,(H,17,18). The minimum Gasteiger partial charge on any atom is -0.355 e. The normalized spacial score (nSPS) is 31.9. The van der Waals surface area contributed by atoms with Gasteiger partial charge < -0.3 is 10.6 Å². The fourth-order valence-corrected chi connectivity index (χ4v) is 3.19. The highest BCUT2D eigenvalue weighted by molar-refractivity contribution is 5.82. The van der Waals surface area contributed by atoms with E-state index in [0.29, 0.717) is 0 Å². The number of nitrogens with one attached hydrogen (secondary N) is 2. The van der Waals surface area contributed by atoms with Crippen LogP contribution in [0.2, 0.25) is 0 Å². The lowest BCUT2D eigenvalue weighted by Gasteiger charge is -2.34. The van der Waals surface area contributed by atoms with Crippen molar-refractivity contribution in [3.05, 3.63) is 0 Å². The Morgan fingerprint density at radius 2 is 1.83 bits per heavy atom. The van der Waals surface area contributed by atoms with Gasteiger partial charge in [-0.15, -0.1) is 0 Å². The van der Waals surface area contributed by atoms with Gasteiger partial charge in [-0.05, 0) is 50.6 Å². The van der Waals surface area contributed by atoms with Crippen molar-refractivity contribution in [2.45, 2.75) is 52.4 Å². The number of piperidine rings is 1. The lowest BCUT2D eigenvalue weighted by Crippen LogP contribution is -2.47. The van der Waals surface area contributed by atoms with Crippen LogP contribution in [0.1, 0.15) is 52.4 Å². The van der Waals surface area contributed by atoms with Gasteiger partial charge in [0, 0.05) is 12.0 Å². The van der Waals surface area contributed by atoms with Crippen LogP contribution in [-0.2, 0) is 4.79 Å². The van der Waals surface area contributed by atoms with Crippen LogP contribution in [0, 0.1) is 17.3 Å². The molecule has 0 bridgehead atoms. The molecule has 2 aliphatic rings. The minimum absolute atomic E-state index is 0.132. The van der Waals surface area contributed by atoms with Crippen LogP contribution < -0.4 is 10.6 Å². The Bertz CT molecular complexity index is 276. The van der Waals surface area contributed by atoms with Crippen molar-refractivity contribution in [2.24, 2.45) is 17.3 Å². The van der Waals surface area contributed by atoms with E-state index in [2.05, 4.69) is 24.5 Å². The van der Waals surface area contributed by atoms with Gasteiger partial charge in [-0.2, -0.15) is 0 Å². The molecule has 0 spiro atoms. The Morgan fingerprint density at radius 3 is 2.44 bits per heavy atom. The number of rotatable bonds is 3. The summed E-state index contributed by atoms with van der Waals surface area (Å²) in [5.41, 5.74) is -0.132. The molecule has 3 nitrogen and oxygen atoms in total. The molecule has 1 saturated carbocycles. The first-order valence-corrected chi connectivity index (χ1v) is 7.59. The minimum atomic E-state index is -0.132. The summed E-state index contributed by atoms with van der Waals surface area (Å²) < 4.78 is 0. The van der Waals surface area contributed by atoms with Gasteiger partial charge in [0.05, 0.1) is 0 Å². The smallest absolute Gasteiger partial charge is 0.226 e. The molecule has 2 rings (SSSR count). The highest BCUT2D eigenvalue weighted by atomic mass is 16.2. The first-order valence-electron chi connectivity index (χ1n) is 7.59. The summed E-state index contributed by atoms with van der Waals surface area (Å²) in [7, 11) is 0. The van der Waals surface area contributed by atoms with Crippen molar-refractivity contribution in [3.63, 3.8) is 0 Å². The van der Waals surface area contributed by atoms with Crippen LogP contribution in [0.5, 0.6) is 0 Å². The number of amides is 1. The second-order valence-corrected chi connectivity index (χ2v) is 6.65. The molecule has 0 atom stereocenters. The van der Waals surface area contributed by atoms with Crippen molar-refractivity contribution >= 4 is 5.91 Å². The molecule has 1 aliphatic carbocycles. The van der Waals surface area contributed by atoms with Gasteiger partial charge in [-0.1, -0.05) is 26.7 Å². The molecule has 18 heavy (non-hydrogen) atoms. The SMILES string of the molecule is CC1CCC(CNC(=O)C2(C)CCNCC2)CC1. The molecule has 1 heterocycles. The van der Waals surface area contributed by atoms with E-state index in [4.69, 9.17) is 0 Å². The molecule has 104 valence electrons. The fraction of sp³-hybridized carbons (Fsp3) is 0.933. The molecule has 1 aliphatic heterocycles. The maximum Gasteiger partial charge on any atom is 0.226 e. The molecular weight excluding hydrogens is 224 g/mol. The van der Waals surface area contributed by atoms with Gasteiger partial charge >= 0.3 is 0 Å². The maximum atomic E-state index is 12.3. The number of hydrogen-bond acceptors (Lipinski definition) is 2. The van der Waals surface area contributed by atoms with Crippen LogP contribution in [0.25, 0.3) is 0 Å². The average molecular weight is 252 g/mol. The van der Waals surface area contributed by atoms with E-state index in [1.54, 1.807) is 0 Å². The molecule has 1 saturated heterocycles. The molecule has 0 aromatic heterocycles. The van der Waals surface area contributed by atoms with E-state index in [1.807, 2.05) is 0 Å². The van der Waals surface area contributed by atoms with E-state index < -0.39 is 0 Å². The molecular formula is C15H28N2O. The lowest BCUT2D eigenvalue weighted by molar-refractivity contribution is -0.131. The summed E-state index contributed by atoms with van der Waals surface area (Å²) in [6, 6.07) is 0. The van der Waals surface area contributed by atoms with E-state index in [-0.39, 0.29) is 11.3 Å². The average Bonchev–Trinajstić information content (AvgIpc) is 2.38. The summed E-state index contributed by atoms with van der Waals surface area (Å²) in [5.74, 6) is 1.89. The molecule has 0 radical (unpaired) electrons. The molecule has 2 fully saturated rings. The molecule has 0 aromatic carbocycles. The van der Waals surface area contributed by atoms with Crippen LogP contribution >= 0.6 is 0 Å². The highest BCUT2D eigenvalue weighted by Gasteiger charge is 2.34. The topological polar surface area (TPSA) is 41.1 Å². The summed E-state index contributed by atoms with van der Waals surface area (Å²) in [5, 5.41) is 6.54. The third kappa shape index (κ3) is 3.47. The highest BCUT2D eigenvalue weighted by Crippen LogP contribution is 2.30. The summed E-state index contributed by atoms with van der Waals surface area (Å²) in [6.45, 7) is 7.31. The Kier molecular flexibility index (Phi) is 4.66. The Hall–Kier alpha value is -0.570. The van der Waals surface area contributed by atoms with Gasteiger partial charge in [0.25, 0.3) is 0 Å². The Morgan fingerprint density at radius 1 is 1.22 bits per heavy atom. The first-order chi connectivity index (χ1) is 8.60. The second kappa shape index (κ2) is 6.05. The van der Waals surface area contributed by atoms with E-state index in [9.17, 15) is 4.79 Å². The Labute approximate surface area is 111 Å². The zero-order valence-corrected chi connectivity index (χ0v) is 11.9. The van der Waals surface area contributed by atoms with Gasteiger partial charge in [-0.3, -0.25) is 4.79 Å². The summed E-state index contributed by atoms with van der Waals surface area (Å²) in [6.07, 6.45) is 7.20. The molecule has 3 heteroatoms. The van der Waals surface area contributed by atoms with E-state index in [0.717, 1.165) is 44.3 Å². The second-order valence-electron chi connectivity index (χ2n) is 6.65. The predicted octanol–water partition coefficient (Wildman–Crippen LogP) is 2.32. The zero-order valence-electron chi connectivity index (χ0n) is 11.9. The summed E-state index contributed by atoms with van der Waals surface area (Å²) in [4.78, 5) is 12.3. The molecule has 0 aromatic rings. The van der Waals surface area contributed by atoms with Gasteiger partial charge in [0.2, 0.25) is 5.91 Å². The predicted molar refractivity (Wildman–Crippen MR) is 74.3 cm³/mol. The third-order valence-corrected chi connectivity index (χ3v) is 4.94.